The molecule has 9 nitrogen and oxygen atoms in total. The first-order chi connectivity index (χ1) is 14.3. The topological polar surface area (TPSA) is 119 Å². The Morgan fingerprint density at radius 1 is 1.30 bits per heavy atom. The number of nitrogens with one attached hydrogen (secondary N) is 2. The van der Waals surface area contributed by atoms with E-state index in [0.717, 1.165) is 25.7 Å². The highest BCUT2D eigenvalue weighted by Gasteiger charge is 2.61. The molecule has 0 bridgehead atoms. The van der Waals surface area contributed by atoms with Gasteiger partial charge >= 0.3 is 5.97 Å². The van der Waals surface area contributed by atoms with Gasteiger partial charge in [0.05, 0.1) is 24.5 Å². The monoisotopic (exact) mass is 422 g/mol. The molecule has 3 aliphatic heterocycles. The molecule has 1 unspecified atom stereocenters. The summed E-state index contributed by atoms with van der Waals surface area (Å²) in [6.07, 6.45) is 3.49. The van der Waals surface area contributed by atoms with Crippen molar-refractivity contribution in [2.24, 2.45) is 5.92 Å². The number of carbonyl (C=O) groups excluding carboxylic acids is 3. The van der Waals surface area contributed by atoms with Gasteiger partial charge in [-0.05, 0) is 38.1 Å². The molecule has 9 heteroatoms. The molecule has 0 aliphatic carbocycles. The fraction of sp³-hybridized carbons (Fsp3) is 0.810. The van der Waals surface area contributed by atoms with E-state index in [4.69, 9.17) is 0 Å². The van der Waals surface area contributed by atoms with E-state index in [9.17, 15) is 24.3 Å². The number of carbonyl (C=O) groups is 4. The highest BCUT2D eigenvalue weighted by Crippen LogP contribution is 2.41. The molecule has 0 spiro atoms. The lowest BCUT2D eigenvalue weighted by Crippen LogP contribution is -2.56. The SMILES string of the molecule is CCCCNC(=O)[C@@H]1C2[C@H](CC(C)C)N2C(=O)[C@H](CC(=O)O)NC(=O)[C@H]2CCCN21. The second kappa shape index (κ2) is 9.32. The summed E-state index contributed by atoms with van der Waals surface area (Å²) in [6, 6.07) is -2.65. The van der Waals surface area contributed by atoms with E-state index < -0.39 is 36.4 Å². The summed E-state index contributed by atoms with van der Waals surface area (Å²) in [5.41, 5.74) is 0. The van der Waals surface area contributed by atoms with E-state index in [1.54, 1.807) is 4.90 Å². The van der Waals surface area contributed by atoms with Crippen LogP contribution < -0.4 is 10.6 Å². The zero-order chi connectivity index (χ0) is 22.0. The third kappa shape index (κ3) is 4.61. The summed E-state index contributed by atoms with van der Waals surface area (Å²) in [4.78, 5) is 54.2. The Morgan fingerprint density at radius 3 is 2.67 bits per heavy atom. The van der Waals surface area contributed by atoms with Crippen LogP contribution in [0.25, 0.3) is 0 Å². The second-order valence-electron chi connectivity index (χ2n) is 9.08. The molecular weight excluding hydrogens is 388 g/mol. The van der Waals surface area contributed by atoms with Crippen LogP contribution in [0.15, 0.2) is 0 Å². The smallest absolute Gasteiger partial charge is 0.305 e. The molecule has 3 heterocycles. The molecule has 0 aromatic rings. The Hall–Kier alpha value is -2.16. The lowest BCUT2D eigenvalue weighted by atomic mass is 10.0. The van der Waals surface area contributed by atoms with Crippen LogP contribution in [-0.2, 0) is 19.2 Å². The second-order valence-corrected chi connectivity index (χ2v) is 9.08. The Bertz CT molecular complexity index is 697. The fourth-order valence-corrected chi connectivity index (χ4v) is 4.93. The summed E-state index contributed by atoms with van der Waals surface area (Å²) in [6.45, 7) is 7.36. The van der Waals surface area contributed by atoms with Gasteiger partial charge in [-0.3, -0.25) is 24.1 Å². The normalized spacial score (nSPS) is 31.3. The molecular formula is C21H34N4O5. The summed E-state index contributed by atoms with van der Waals surface area (Å²) in [5.74, 6) is -1.71. The number of fused-ring (bicyclic) bond motifs is 2. The van der Waals surface area contributed by atoms with Crippen LogP contribution >= 0.6 is 0 Å². The van der Waals surface area contributed by atoms with Crippen LogP contribution in [-0.4, -0.2) is 81.9 Å². The van der Waals surface area contributed by atoms with E-state index in [-0.39, 0.29) is 23.9 Å². The first kappa shape index (κ1) is 22.5. The van der Waals surface area contributed by atoms with E-state index >= 15 is 0 Å². The van der Waals surface area contributed by atoms with Crippen molar-refractivity contribution >= 4 is 23.7 Å². The maximum absolute atomic E-state index is 13.2. The van der Waals surface area contributed by atoms with Crippen LogP contribution in [0.4, 0.5) is 0 Å². The van der Waals surface area contributed by atoms with Crippen molar-refractivity contribution in [1.29, 1.82) is 0 Å². The van der Waals surface area contributed by atoms with Gasteiger partial charge in [0.25, 0.3) is 0 Å². The van der Waals surface area contributed by atoms with Crippen molar-refractivity contribution in [2.45, 2.75) is 89.5 Å². The van der Waals surface area contributed by atoms with Crippen LogP contribution in [0.2, 0.25) is 0 Å². The highest BCUT2D eigenvalue weighted by atomic mass is 16.4. The number of unbranched alkanes of at least 4 members (excludes halogenated alkanes) is 1. The summed E-state index contributed by atoms with van der Waals surface area (Å²) in [5, 5.41) is 14.9. The number of rotatable bonds is 8. The quantitative estimate of drug-likeness (QED) is 0.383. The first-order valence-electron chi connectivity index (χ1n) is 11.1. The number of amides is 3. The predicted octanol–water partition coefficient (Wildman–Crippen LogP) is 0.334. The lowest BCUT2D eigenvalue weighted by molar-refractivity contribution is -0.142. The minimum Gasteiger partial charge on any atom is -0.481 e. The van der Waals surface area contributed by atoms with E-state index in [1.165, 1.54) is 0 Å². The van der Waals surface area contributed by atoms with E-state index in [1.807, 2.05) is 4.90 Å². The molecule has 168 valence electrons. The molecule has 3 aliphatic rings. The van der Waals surface area contributed by atoms with Gasteiger partial charge in [-0.15, -0.1) is 0 Å². The van der Waals surface area contributed by atoms with Crippen LogP contribution in [0, 0.1) is 5.92 Å². The van der Waals surface area contributed by atoms with E-state index in [0.29, 0.717) is 25.4 Å². The number of aliphatic carboxylic acids is 1. The average molecular weight is 423 g/mol. The number of hydrogen-bond donors (Lipinski definition) is 3. The maximum Gasteiger partial charge on any atom is 0.305 e. The number of carboxylic acid groups (broad SMARTS) is 1. The van der Waals surface area contributed by atoms with Gasteiger partial charge in [0.15, 0.2) is 0 Å². The van der Waals surface area contributed by atoms with Crippen molar-refractivity contribution in [1.82, 2.24) is 20.4 Å². The van der Waals surface area contributed by atoms with Crippen molar-refractivity contribution in [3.8, 4) is 0 Å². The molecule has 3 fully saturated rings. The third-order valence-corrected chi connectivity index (χ3v) is 6.32. The van der Waals surface area contributed by atoms with E-state index in [2.05, 4.69) is 31.4 Å². The molecule has 5 atom stereocenters. The molecule has 0 radical (unpaired) electrons. The minimum absolute atomic E-state index is 0.119. The van der Waals surface area contributed by atoms with Crippen molar-refractivity contribution < 1.29 is 24.3 Å². The van der Waals surface area contributed by atoms with Crippen molar-refractivity contribution in [2.75, 3.05) is 13.1 Å². The Kier molecular flexibility index (Phi) is 7.00. The maximum atomic E-state index is 13.2. The van der Waals surface area contributed by atoms with Crippen LogP contribution in [0.1, 0.15) is 59.3 Å². The third-order valence-electron chi connectivity index (χ3n) is 6.32. The van der Waals surface area contributed by atoms with Crippen LogP contribution in [0.5, 0.6) is 0 Å². The molecule has 3 N–H and O–H groups in total. The Labute approximate surface area is 177 Å². The highest BCUT2D eigenvalue weighted by molar-refractivity contribution is 5.96. The molecule has 3 rings (SSSR count). The van der Waals surface area contributed by atoms with Gasteiger partial charge < -0.3 is 20.6 Å². The number of nitrogens with zero attached hydrogens (tertiary/aromatic N) is 2. The van der Waals surface area contributed by atoms with Gasteiger partial charge in [0.2, 0.25) is 17.7 Å². The summed E-state index contributed by atoms with van der Waals surface area (Å²) in [7, 11) is 0. The van der Waals surface area contributed by atoms with Gasteiger partial charge in [-0.25, -0.2) is 0 Å². The van der Waals surface area contributed by atoms with Gasteiger partial charge in [-0.2, -0.15) is 0 Å². The molecule has 0 aromatic heterocycles. The Balaban J connectivity index is 1.94. The fourth-order valence-electron chi connectivity index (χ4n) is 4.93. The molecule has 30 heavy (non-hydrogen) atoms. The number of hydrogen-bond acceptors (Lipinski definition) is 5. The molecule has 0 aromatic carbocycles. The summed E-state index contributed by atoms with van der Waals surface area (Å²) >= 11 is 0. The first-order valence-corrected chi connectivity index (χ1v) is 11.1. The largest absolute Gasteiger partial charge is 0.481 e. The molecule has 3 saturated heterocycles. The van der Waals surface area contributed by atoms with Gasteiger partial charge in [0, 0.05) is 6.54 Å². The molecule has 3 amide bonds. The number of carboxylic acids is 1. The van der Waals surface area contributed by atoms with Crippen molar-refractivity contribution in [3.63, 3.8) is 0 Å². The molecule has 0 saturated carbocycles. The van der Waals surface area contributed by atoms with Gasteiger partial charge in [-0.1, -0.05) is 27.2 Å². The van der Waals surface area contributed by atoms with Gasteiger partial charge in [0.1, 0.15) is 12.1 Å². The average Bonchev–Trinajstić information content (AvgIpc) is 3.10. The lowest BCUT2D eigenvalue weighted by Gasteiger charge is -2.31. The summed E-state index contributed by atoms with van der Waals surface area (Å²) < 4.78 is 0. The Morgan fingerprint density at radius 2 is 2.03 bits per heavy atom. The predicted molar refractivity (Wildman–Crippen MR) is 109 cm³/mol. The van der Waals surface area contributed by atoms with Crippen molar-refractivity contribution in [3.05, 3.63) is 0 Å². The zero-order valence-electron chi connectivity index (χ0n) is 18.1. The minimum atomic E-state index is -1.14. The standard InChI is InChI=1S/C21H34N4O5/c1-4-5-8-22-20(29)18-17-15(10-12(2)3)25(17)21(30)13(11-16(26)27)23-19(28)14-7-6-9-24(14)18/h12-15,17-18H,4-11H2,1-3H3,(H,22,29)(H,23,28)(H,26,27)/t13-,14+,15-,17?,18-,25?/m0/s1. The zero-order valence-corrected chi connectivity index (χ0v) is 18.1. The van der Waals surface area contributed by atoms with Crippen LogP contribution in [0.3, 0.4) is 0 Å².